The summed E-state index contributed by atoms with van der Waals surface area (Å²) >= 11 is 0. The van der Waals surface area contributed by atoms with Crippen LogP contribution in [0.3, 0.4) is 0 Å². The van der Waals surface area contributed by atoms with Gasteiger partial charge in [0.05, 0.1) is 0 Å². The zero-order chi connectivity index (χ0) is 11.9. The van der Waals surface area contributed by atoms with Crippen molar-refractivity contribution < 1.29 is 4.39 Å². The molecule has 2 saturated carbocycles. The van der Waals surface area contributed by atoms with Gasteiger partial charge in [0.15, 0.2) is 0 Å². The average molecular weight is 233 g/mol. The Balaban J connectivity index is 1.68. The van der Waals surface area contributed by atoms with Crippen molar-refractivity contribution in [1.82, 2.24) is 5.32 Å². The van der Waals surface area contributed by atoms with E-state index in [2.05, 4.69) is 12.2 Å². The van der Waals surface area contributed by atoms with Gasteiger partial charge in [0, 0.05) is 12.6 Å². The fourth-order valence-corrected chi connectivity index (χ4v) is 2.40. The van der Waals surface area contributed by atoms with Crippen molar-refractivity contribution in [3.63, 3.8) is 0 Å². The Hall–Kier alpha value is -0.890. The van der Waals surface area contributed by atoms with Crippen LogP contribution in [0.25, 0.3) is 0 Å². The first kappa shape index (κ1) is 11.2. The van der Waals surface area contributed by atoms with E-state index in [0.717, 1.165) is 12.5 Å². The van der Waals surface area contributed by atoms with Crippen LogP contribution in [0.15, 0.2) is 24.3 Å². The lowest BCUT2D eigenvalue weighted by Gasteiger charge is -2.21. The highest BCUT2D eigenvalue weighted by molar-refractivity contribution is 5.22. The van der Waals surface area contributed by atoms with Crippen molar-refractivity contribution in [2.75, 3.05) is 6.54 Å². The number of hydrogen-bond donors (Lipinski definition) is 1. The molecule has 3 rings (SSSR count). The van der Waals surface area contributed by atoms with Crippen molar-refractivity contribution in [3.05, 3.63) is 35.6 Å². The molecular weight excluding hydrogens is 213 g/mol. The fourth-order valence-electron chi connectivity index (χ4n) is 2.40. The van der Waals surface area contributed by atoms with Crippen LogP contribution in [0, 0.1) is 17.2 Å². The molecule has 0 aliphatic heterocycles. The second-order valence-electron chi connectivity index (χ2n) is 6.06. The summed E-state index contributed by atoms with van der Waals surface area (Å²) in [5, 5.41) is 3.70. The number of nitrogens with one attached hydrogen (secondary N) is 1. The number of benzene rings is 1. The summed E-state index contributed by atoms with van der Waals surface area (Å²) in [6, 6.07) is 7.45. The monoisotopic (exact) mass is 233 g/mol. The third kappa shape index (κ3) is 2.68. The first-order valence-electron chi connectivity index (χ1n) is 6.65. The minimum absolute atomic E-state index is 0.141. The van der Waals surface area contributed by atoms with Gasteiger partial charge in [-0.1, -0.05) is 19.1 Å². The van der Waals surface area contributed by atoms with E-state index in [1.807, 2.05) is 12.1 Å². The Kier molecular flexibility index (Phi) is 2.70. The van der Waals surface area contributed by atoms with E-state index in [0.29, 0.717) is 11.5 Å². The van der Waals surface area contributed by atoms with Gasteiger partial charge in [0.1, 0.15) is 5.82 Å². The summed E-state index contributed by atoms with van der Waals surface area (Å²) in [4.78, 5) is 0. The van der Waals surface area contributed by atoms with Gasteiger partial charge < -0.3 is 5.32 Å². The summed E-state index contributed by atoms with van der Waals surface area (Å²) in [6.45, 7) is 3.44. The lowest BCUT2D eigenvalue weighted by Crippen LogP contribution is -2.28. The molecule has 2 aliphatic rings. The largest absolute Gasteiger partial charge is 0.309 e. The van der Waals surface area contributed by atoms with Gasteiger partial charge in [0.25, 0.3) is 0 Å². The molecule has 17 heavy (non-hydrogen) atoms. The number of hydrogen-bond acceptors (Lipinski definition) is 1. The normalized spacial score (nSPS) is 23.4. The summed E-state index contributed by atoms with van der Waals surface area (Å²) < 4.78 is 12.9. The molecule has 1 atom stereocenters. The van der Waals surface area contributed by atoms with Crippen LogP contribution < -0.4 is 5.32 Å². The minimum Gasteiger partial charge on any atom is -0.309 e. The summed E-state index contributed by atoms with van der Waals surface area (Å²) in [7, 11) is 0. The molecule has 2 aliphatic carbocycles. The van der Waals surface area contributed by atoms with E-state index in [1.165, 1.54) is 31.2 Å². The maximum Gasteiger partial charge on any atom is 0.123 e. The average Bonchev–Trinajstić information content (AvgIpc) is 3.20. The third-order valence-corrected chi connectivity index (χ3v) is 4.17. The SMILES string of the molecule is CC1(CNC(c2ccc(F)cc2)C2CC2)CC1. The van der Waals surface area contributed by atoms with Gasteiger partial charge in [-0.15, -0.1) is 0 Å². The molecule has 1 nitrogen and oxygen atoms in total. The Labute approximate surface area is 102 Å². The van der Waals surface area contributed by atoms with E-state index >= 15 is 0 Å². The van der Waals surface area contributed by atoms with Gasteiger partial charge in [-0.2, -0.15) is 0 Å². The van der Waals surface area contributed by atoms with Gasteiger partial charge in [-0.25, -0.2) is 4.39 Å². The van der Waals surface area contributed by atoms with Crippen LogP contribution in [0.1, 0.15) is 44.2 Å². The Bertz CT molecular complexity index is 390. The van der Waals surface area contributed by atoms with E-state index in [-0.39, 0.29) is 5.82 Å². The smallest absolute Gasteiger partial charge is 0.123 e. The lowest BCUT2D eigenvalue weighted by atomic mass is 10.0. The Morgan fingerprint density at radius 2 is 1.94 bits per heavy atom. The zero-order valence-corrected chi connectivity index (χ0v) is 10.4. The Morgan fingerprint density at radius 1 is 1.29 bits per heavy atom. The van der Waals surface area contributed by atoms with Crippen LogP contribution in [-0.4, -0.2) is 6.54 Å². The highest BCUT2D eigenvalue weighted by atomic mass is 19.1. The first-order valence-corrected chi connectivity index (χ1v) is 6.65. The maximum atomic E-state index is 12.9. The predicted molar refractivity (Wildman–Crippen MR) is 67.2 cm³/mol. The molecule has 1 N–H and O–H groups in total. The zero-order valence-electron chi connectivity index (χ0n) is 10.4. The second-order valence-corrected chi connectivity index (χ2v) is 6.06. The van der Waals surface area contributed by atoms with E-state index in [1.54, 1.807) is 12.1 Å². The van der Waals surface area contributed by atoms with Crippen LogP contribution in [0.4, 0.5) is 4.39 Å². The minimum atomic E-state index is -0.141. The van der Waals surface area contributed by atoms with Crippen molar-refractivity contribution in [1.29, 1.82) is 0 Å². The third-order valence-electron chi connectivity index (χ3n) is 4.17. The molecule has 1 unspecified atom stereocenters. The molecule has 1 aromatic carbocycles. The van der Waals surface area contributed by atoms with Crippen LogP contribution in [0.5, 0.6) is 0 Å². The Morgan fingerprint density at radius 3 is 2.47 bits per heavy atom. The molecule has 0 heterocycles. The molecule has 1 aromatic rings. The molecule has 2 fully saturated rings. The van der Waals surface area contributed by atoms with Gasteiger partial charge in [-0.05, 0) is 54.7 Å². The summed E-state index contributed by atoms with van der Waals surface area (Å²) in [5.41, 5.74) is 1.78. The topological polar surface area (TPSA) is 12.0 Å². The lowest BCUT2D eigenvalue weighted by molar-refractivity contribution is 0.412. The van der Waals surface area contributed by atoms with Crippen LogP contribution in [-0.2, 0) is 0 Å². The summed E-state index contributed by atoms with van der Waals surface area (Å²) in [6.07, 6.45) is 5.32. The first-order chi connectivity index (χ1) is 8.16. The molecule has 0 bridgehead atoms. The standard InChI is InChI=1S/C15H20FN/c1-15(8-9-15)10-17-14(11-2-3-11)12-4-6-13(16)7-5-12/h4-7,11,14,17H,2-3,8-10H2,1H3. The van der Waals surface area contributed by atoms with Gasteiger partial charge >= 0.3 is 0 Å². The quantitative estimate of drug-likeness (QED) is 0.818. The highest BCUT2D eigenvalue weighted by Gasteiger charge is 2.39. The van der Waals surface area contributed by atoms with Crippen LogP contribution in [0.2, 0.25) is 0 Å². The van der Waals surface area contributed by atoms with Gasteiger partial charge in [-0.3, -0.25) is 0 Å². The van der Waals surface area contributed by atoms with Crippen molar-refractivity contribution in [3.8, 4) is 0 Å². The molecule has 0 saturated heterocycles. The molecule has 2 heteroatoms. The molecule has 0 spiro atoms. The van der Waals surface area contributed by atoms with Gasteiger partial charge in [0.2, 0.25) is 0 Å². The summed E-state index contributed by atoms with van der Waals surface area (Å²) in [5.74, 6) is 0.625. The maximum absolute atomic E-state index is 12.9. The van der Waals surface area contributed by atoms with E-state index in [4.69, 9.17) is 0 Å². The highest BCUT2D eigenvalue weighted by Crippen LogP contribution is 2.46. The van der Waals surface area contributed by atoms with Crippen molar-refractivity contribution in [2.24, 2.45) is 11.3 Å². The molecule has 92 valence electrons. The molecule has 0 amide bonds. The van der Waals surface area contributed by atoms with Crippen LogP contribution >= 0.6 is 0 Å². The van der Waals surface area contributed by atoms with Crippen molar-refractivity contribution in [2.45, 2.75) is 38.6 Å². The van der Waals surface area contributed by atoms with E-state index in [9.17, 15) is 4.39 Å². The molecular formula is C15H20FN. The predicted octanol–water partition coefficient (Wildman–Crippen LogP) is 3.67. The molecule has 0 radical (unpaired) electrons. The number of rotatable bonds is 5. The second kappa shape index (κ2) is 4.09. The fraction of sp³-hybridized carbons (Fsp3) is 0.600. The number of halogens is 1. The van der Waals surface area contributed by atoms with E-state index < -0.39 is 0 Å². The van der Waals surface area contributed by atoms with Crippen molar-refractivity contribution >= 4 is 0 Å². The molecule has 0 aromatic heterocycles.